The Hall–Kier alpha value is -0.840. The first-order valence-corrected chi connectivity index (χ1v) is 2.23. The van der Waals surface area contributed by atoms with Gasteiger partial charge in [0, 0.05) is 5.71 Å². The van der Waals surface area contributed by atoms with E-state index in [1.807, 2.05) is 13.8 Å². The summed E-state index contributed by atoms with van der Waals surface area (Å²) in [6.45, 7) is 3.80. The summed E-state index contributed by atoms with van der Waals surface area (Å²) < 4.78 is 0. The molecular weight excluding hydrogens is 88.1 g/mol. The highest BCUT2D eigenvalue weighted by Gasteiger charge is 1.78. The van der Waals surface area contributed by atoms with Crippen LogP contribution in [0.5, 0.6) is 0 Å². The number of hydrogen-bond donors (Lipinski definition) is 0. The molecule has 0 fully saturated rings. The van der Waals surface area contributed by atoms with Crippen molar-refractivity contribution in [2.24, 2.45) is 4.99 Å². The quantitative estimate of drug-likeness (QED) is 0.358. The molecule has 2 nitrogen and oxygen atoms in total. The molecule has 0 aromatic rings. The van der Waals surface area contributed by atoms with Gasteiger partial charge in [-0.05, 0) is 13.3 Å². The molecule has 0 radical (unpaired) electrons. The van der Waals surface area contributed by atoms with Gasteiger partial charge in [0.15, 0.2) is 0 Å². The highest BCUT2D eigenvalue weighted by molar-refractivity contribution is 5.82. The molecule has 0 N–H and O–H groups in total. The fourth-order valence-corrected chi connectivity index (χ4v) is 0.164. The van der Waals surface area contributed by atoms with Crippen molar-refractivity contribution in [1.82, 2.24) is 0 Å². The lowest BCUT2D eigenvalue weighted by molar-refractivity contribution is 1.25. The molecule has 0 saturated carbocycles. The Morgan fingerprint density at radius 1 is 1.86 bits per heavy atom. The first-order chi connectivity index (χ1) is 3.31. The van der Waals surface area contributed by atoms with Crippen LogP contribution in [0.1, 0.15) is 20.3 Å². The zero-order valence-electron chi connectivity index (χ0n) is 4.60. The maximum atomic E-state index is 7.93. The average molecular weight is 96.1 g/mol. The molecule has 0 aliphatic carbocycles. The lowest BCUT2D eigenvalue weighted by Gasteiger charge is -1.81. The predicted molar refractivity (Wildman–Crippen MR) is 29.0 cm³/mol. The van der Waals surface area contributed by atoms with Crippen molar-refractivity contribution >= 4 is 5.71 Å². The van der Waals surface area contributed by atoms with Crippen molar-refractivity contribution < 1.29 is 0 Å². The van der Waals surface area contributed by atoms with Gasteiger partial charge in [0.2, 0.25) is 6.19 Å². The average Bonchev–Trinajstić information content (AvgIpc) is 1.68. The SMILES string of the molecule is CC/C(C)=N/C#N. The van der Waals surface area contributed by atoms with E-state index in [1.54, 1.807) is 6.19 Å². The van der Waals surface area contributed by atoms with E-state index in [-0.39, 0.29) is 0 Å². The van der Waals surface area contributed by atoms with Gasteiger partial charge < -0.3 is 0 Å². The van der Waals surface area contributed by atoms with Crippen molar-refractivity contribution in [3.63, 3.8) is 0 Å². The summed E-state index contributed by atoms with van der Waals surface area (Å²) in [5, 5.41) is 7.93. The molecule has 0 atom stereocenters. The van der Waals surface area contributed by atoms with E-state index in [0.29, 0.717) is 0 Å². The standard InChI is InChI=1S/C5H8N2/c1-3-5(2)7-4-6/h3H2,1-2H3/b7-5+. The molecule has 0 rings (SSSR count). The first kappa shape index (κ1) is 6.16. The lowest BCUT2D eigenvalue weighted by atomic mass is 10.3. The van der Waals surface area contributed by atoms with Crippen LogP contribution in [0.25, 0.3) is 0 Å². The van der Waals surface area contributed by atoms with Crippen molar-refractivity contribution in [2.75, 3.05) is 0 Å². The molecule has 0 unspecified atom stereocenters. The molecule has 7 heavy (non-hydrogen) atoms. The summed E-state index contributed by atoms with van der Waals surface area (Å²) in [7, 11) is 0. The summed E-state index contributed by atoms with van der Waals surface area (Å²) >= 11 is 0. The Morgan fingerprint density at radius 2 is 2.43 bits per heavy atom. The van der Waals surface area contributed by atoms with E-state index in [0.717, 1.165) is 12.1 Å². The summed E-state index contributed by atoms with van der Waals surface area (Å²) in [6, 6.07) is 0. The van der Waals surface area contributed by atoms with Crippen LogP contribution >= 0.6 is 0 Å². The highest BCUT2D eigenvalue weighted by Crippen LogP contribution is 1.80. The summed E-state index contributed by atoms with van der Waals surface area (Å²) in [5.74, 6) is 0. The normalized spacial score (nSPS) is 10.7. The van der Waals surface area contributed by atoms with Gasteiger partial charge in [-0.1, -0.05) is 6.92 Å². The van der Waals surface area contributed by atoms with Crippen LogP contribution in [0.15, 0.2) is 4.99 Å². The van der Waals surface area contributed by atoms with Gasteiger partial charge >= 0.3 is 0 Å². The van der Waals surface area contributed by atoms with Gasteiger partial charge in [0.25, 0.3) is 0 Å². The molecule has 0 aliphatic heterocycles. The fraction of sp³-hybridized carbons (Fsp3) is 0.600. The zero-order valence-corrected chi connectivity index (χ0v) is 4.60. The van der Waals surface area contributed by atoms with E-state index in [2.05, 4.69) is 4.99 Å². The zero-order chi connectivity index (χ0) is 5.70. The Kier molecular flexibility index (Phi) is 2.95. The third kappa shape index (κ3) is 2.98. The van der Waals surface area contributed by atoms with Gasteiger partial charge in [0.05, 0.1) is 0 Å². The monoisotopic (exact) mass is 96.1 g/mol. The molecule has 0 spiro atoms. The van der Waals surface area contributed by atoms with Gasteiger partial charge in [-0.15, -0.1) is 0 Å². The molecule has 0 heterocycles. The minimum atomic E-state index is 0.869. The molecule has 0 bridgehead atoms. The number of nitrogens with zero attached hydrogens (tertiary/aromatic N) is 2. The second kappa shape index (κ2) is 3.35. The van der Waals surface area contributed by atoms with E-state index < -0.39 is 0 Å². The molecule has 38 valence electrons. The van der Waals surface area contributed by atoms with Crippen LogP contribution in [0.3, 0.4) is 0 Å². The maximum Gasteiger partial charge on any atom is 0.205 e. The minimum absolute atomic E-state index is 0.869. The number of rotatable bonds is 1. The minimum Gasteiger partial charge on any atom is -0.183 e. The Morgan fingerprint density at radius 3 is 2.57 bits per heavy atom. The maximum absolute atomic E-state index is 7.93. The van der Waals surface area contributed by atoms with Crippen molar-refractivity contribution in [1.29, 1.82) is 5.26 Å². The Balaban J connectivity index is 3.56. The topological polar surface area (TPSA) is 36.1 Å². The van der Waals surface area contributed by atoms with E-state index in [4.69, 9.17) is 5.26 Å². The number of nitriles is 1. The number of hydrogen-bond acceptors (Lipinski definition) is 2. The van der Waals surface area contributed by atoms with Gasteiger partial charge in [-0.25, -0.2) is 0 Å². The number of aliphatic imine (C=N–C) groups is 1. The Bertz CT molecular complexity index is 108. The van der Waals surface area contributed by atoms with Crippen LogP contribution < -0.4 is 0 Å². The van der Waals surface area contributed by atoms with Gasteiger partial charge in [-0.3, -0.25) is 0 Å². The van der Waals surface area contributed by atoms with E-state index in [9.17, 15) is 0 Å². The van der Waals surface area contributed by atoms with Gasteiger partial charge in [-0.2, -0.15) is 10.3 Å². The summed E-state index contributed by atoms with van der Waals surface area (Å²) in [4.78, 5) is 3.47. The van der Waals surface area contributed by atoms with E-state index in [1.165, 1.54) is 0 Å². The van der Waals surface area contributed by atoms with Gasteiger partial charge in [0.1, 0.15) is 0 Å². The molecule has 0 aromatic carbocycles. The van der Waals surface area contributed by atoms with Crippen LogP contribution in [-0.4, -0.2) is 5.71 Å². The van der Waals surface area contributed by atoms with Crippen LogP contribution in [0.4, 0.5) is 0 Å². The predicted octanol–water partition coefficient (Wildman–Crippen LogP) is 1.34. The van der Waals surface area contributed by atoms with E-state index >= 15 is 0 Å². The highest BCUT2D eigenvalue weighted by atomic mass is 14.7. The van der Waals surface area contributed by atoms with Crippen LogP contribution in [-0.2, 0) is 0 Å². The molecule has 2 heteroatoms. The molecule has 0 aromatic heterocycles. The smallest absolute Gasteiger partial charge is 0.183 e. The molecule has 0 amide bonds. The third-order valence-electron chi connectivity index (χ3n) is 0.753. The summed E-state index contributed by atoms with van der Waals surface area (Å²) in [5.41, 5.74) is 0.891. The third-order valence-corrected chi connectivity index (χ3v) is 0.753. The van der Waals surface area contributed by atoms with Crippen molar-refractivity contribution in [3.8, 4) is 6.19 Å². The lowest BCUT2D eigenvalue weighted by Crippen LogP contribution is -1.83. The van der Waals surface area contributed by atoms with Crippen molar-refractivity contribution in [2.45, 2.75) is 20.3 Å². The largest absolute Gasteiger partial charge is 0.205 e. The Labute approximate surface area is 43.5 Å². The van der Waals surface area contributed by atoms with Crippen LogP contribution in [0.2, 0.25) is 0 Å². The molecular formula is C5H8N2. The fourth-order valence-electron chi connectivity index (χ4n) is 0.164. The molecule has 0 aliphatic rings. The second-order valence-corrected chi connectivity index (χ2v) is 1.30. The second-order valence-electron chi connectivity index (χ2n) is 1.30. The summed E-state index contributed by atoms with van der Waals surface area (Å²) in [6.07, 6.45) is 2.57. The van der Waals surface area contributed by atoms with Crippen LogP contribution in [0, 0.1) is 11.5 Å². The first-order valence-electron chi connectivity index (χ1n) is 2.23. The molecule has 0 saturated heterocycles. The van der Waals surface area contributed by atoms with Crippen molar-refractivity contribution in [3.05, 3.63) is 0 Å².